The minimum absolute atomic E-state index is 0.0213. The van der Waals surface area contributed by atoms with Gasteiger partial charge in [0.15, 0.2) is 6.23 Å². The summed E-state index contributed by atoms with van der Waals surface area (Å²) in [7, 11) is -3.86. The molecule has 0 heterocycles. The van der Waals surface area contributed by atoms with Crippen LogP contribution in [0.5, 0.6) is 0 Å². The molecular formula is C49H55N3O6S. The molecule has 3 atom stereocenters. The fraction of sp³-hybridized carbons (Fsp3) is 0.286. The summed E-state index contributed by atoms with van der Waals surface area (Å²) in [6.07, 6.45) is 0.750. The van der Waals surface area contributed by atoms with Gasteiger partial charge in [0.1, 0.15) is 12.7 Å². The lowest BCUT2D eigenvalue weighted by Crippen LogP contribution is -2.50. The predicted octanol–water partition coefficient (Wildman–Crippen LogP) is 9.36. The Bertz CT molecular complexity index is 2270. The Hall–Kier alpha value is -5.36. The molecule has 0 bridgehead atoms. The van der Waals surface area contributed by atoms with Crippen LogP contribution in [0.1, 0.15) is 59.9 Å². The van der Waals surface area contributed by atoms with Gasteiger partial charge in [-0.1, -0.05) is 153 Å². The summed E-state index contributed by atoms with van der Waals surface area (Å²) in [5.74, 6) is 0.140. The first-order valence-corrected chi connectivity index (χ1v) is 21.9. The SMILES string of the molecule is CCCNCC(CCC(OCc1ccccc1)C(OCc1ccccc1)N(CCc1ccc(S(N)(=O)=O)cc1)C(=O)OCc1ccccc1)c1cccc2ccccc12. The van der Waals surface area contributed by atoms with Crippen molar-refractivity contribution in [2.24, 2.45) is 5.14 Å². The number of carbonyl (C=O) groups is 1. The van der Waals surface area contributed by atoms with Crippen molar-refractivity contribution in [1.82, 2.24) is 10.2 Å². The Kier molecular flexibility index (Phi) is 16.2. The Morgan fingerprint density at radius 2 is 1.24 bits per heavy atom. The van der Waals surface area contributed by atoms with Gasteiger partial charge in [0.25, 0.3) is 0 Å². The zero-order chi connectivity index (χ0) is 41.3. The molecule has 0 spiro atoms. The Balaban J connectivity index is 1.37. The second-order valence-corrected chi connectivity index (χ2v) is 16.3. The molecule has 6 aromatic rings. The van der Waals surface area contributed by atoms with Crippen molar-refractivity contribution in [2.45, 2.75) is 75.6 Å². The minimum atomic E-state index is -3.86. The van der Waals surface area contributed by atoms with Crippen LogP contribution in [-0.2, 0) is 50.5 Å². The van der Waals surface area contributed by atoms with Gasteiger partial charge in [-0.2, -0.15) is 0 Å². The lowest BCUT2D eigenvalue weighted by molar-refractivity contribution is -0.150. The van der Waals surface area contributed by atoms with Crippen molar-refractivity contribution < 1.29 is 27.4 Å². The molecule has 0 saturated heterocycles. The number of amides is 1. The first kappa shape index (κ1) is 43.2. The van der Waals surface area contributed by atoms with Crippen molar-refractivity contribution in [3.8, 4) is 0 Å². The van der Waals surface area contributed by atoms with E-state index in [4.69, 9.17) is 19.3 Å². The van der Waals surface area contributed by atoms with Crippen LogP contribution in [0.15, 0.2) is 163 Å². The fourth-order valence-electron chi connectivity index (χ4n) is 7.25. The molecule has 308 valence electrons. The second kappa shape index (κ2) is 22.1. The number of hydrogen-bond acceptors (Lipinski definition) is 7. The van der Waals surface area contributed by atoms with Crippen LogP contribution >= 0.6 is 0 Å². The highest BCUT2D eigenvalue weighted by Crippen LogP contribution is 2.31. The molecule has 0 radical (unpaired) electrons. The van der Waals surface area contributed by atoms with E-state index < -0.39 is 28.4 Å². The summed E-state index contributed by atoms with van der Waals surface area (Å²) in [4.78, 5) is 16.2. The largest absolute Gasteiger partial charge is 0.444 e. The molecule has 3 unspecified atom stereocenters. The van der Waals surface area contributed by atoms with Crippen LogP contribution in [0.2, 0.25) is 0 Å². The van der Waals surface area contributed by atoms with Crippen molar-refractivity contribution in [3.05, 3.63) is 186 Å². The highest BCUT2D eigenvalue weighted by atomic mass is 32.2. The van der Waals surface area contributed by atoms with Gasteiger partial charge in [-0.05, 0) is 88.9 Å². The number of nitrogens with two attached hydrogens (primary N) is 1. The smallest absolute Gasteiger partial charge is 0.412 e. The monoisotopic (exact) mass is 813 g/mol. The van der Waals surface area contributed by atoms with Crippen molar-refractivity contribution >= 4 is 26.9 Å². The summed E-state index contributed by atoms with van der Waals surface area (Å²) < 4.78 is 43.8. The summed E-state index contributed by atoms with van der Waals surface area (Å²) in [6.45, 7) is 4.67. The van der Waals surface area contributed by atoms with Crippen LogP contribution in [0.4, 0.5) is 4.79 Å². The minimum Gasteiger partial charge on any atom is -0.444 e. The number of carbonyl (C=O) groups excluding carboxylic acids is 1. The third-order valence-corrected chi connectivity index (χ3v) is 11.3. The number of ether oxygens (including phenoxy) is 3. The molecular weight excluding hydrogens is 759 g/mol. The maximum atomic E-state index is 14.5. The van der Waals surface area contributed by atoms with E-state index in [0.29, 0.717) is 19.4 Å². The van der Waals surface area contributed by atoms with Gasteiger partial charge in [0.05, 0.1) is 18.1 Å². The van der Waals surface area contributed by atoms with Crippen molar-refractivity contribution in [3.63, 3.8) is 0 Å². The topological polar surface area (TPSA) is 120 Å². The quantitative estimate of drug-likeness (QED) is 0.0518. The molecule has 6 aromatic carbocycles. The average molecular weight is 814 g/mol. The highest BCUT2D eigenvalue weighted by Gasteiger charge is 2.35. The normalized spacial score (nSPS) is 13.1. The number of nitrogens with zero attached hydrogens (tertiary/aromatic N) is 1. The number of benzene rings is 6. The van der Waals surface area contributed by atoms with Gasteiger partial charge in [-0.25, -0.2) is 18.4 Å². The third-order valence-electron chi connectivity index (χ3n) is 10.4. The fourth-order valence-corrected chi connectivity index (χ4v) is 7.77. The first-order valence-electron chi connectivity index (χ1n) is 20.4. The maximum Gasteiger partial charge on any atom is 0.412 e. The zero-order valence-electron chi connectivity index (χ0n) is 33.7. The molecule has 3 N–H and O–H groups in total. The highest BCUT2D eigenvalue weighted by molar-refractivity contribution is 7.89. The Morgan fingerprint density at radius 3 is 1.86 bits per heavy atom. The van der Waals surface area contributed by atoms with E-state index in [1.165, 1.54) is 28.5 Å². The molecule has 0 aliphatic carbocycles. The molecule has 6 rings (SSSR count). The second-order valence-electron chi connectivity index (χ2n) is 14.7. The lowest BCUT2D eigenvalue weighted by Gasteiger charge is -2.37. The number of fused-ring (bicyclic) bond motifs is 1. The van der Waals surface area contributed by atoms with Crippen LogP contribution < -0.4 is 10.5 Å². The number of hydrogen-bond donors (Lipinski definition) is 2. The van der Waals surface area contributed by atoms with E-state index in [-0.39, 0.29) is 30.6 Å². The predicted molar refractivity (Wildman–Crippen MR) is 234 cm³/mol. The van der Waals surface area contributed by atoms with E-state index in [2.05, 4.69) is 54.7 Å². The van der Waals surface area contributed by atoms with Crippen LogP contribution in [0.3, 0.4) is 0 Å². The third kappa shape index (κ3) is 13.1. The first-order chi connectivity index (χ1) is 28.8. The van der Waals surface area contributed by atoms with E-state index >= 15 is 0 Å². The van der Waals surface area contributed by atoms with Gasteiger partial charge in [0.2, 0.25) is 10.0 Å². The summed E-state index contributed by atoms with van der Waals surface area (Å²) >= 11 is 0. The van der Waals surface area contributed by atoms with Gasteiger partial charge in [-0.15, -0.1) is 0 Å². The molecule has 1 amide bonds. The van der Waals surface area contributed by atoms with Crippen molar-refractivity contribution in [1.29, 1.82) is 0 Å². The lowest BCUT2D eigenvalue weighted by atomic mass is 9.88. The molecule has 0 aliphatic heterocycles. The average Bonchev–Trinajstić information content (AvgIpc) is 3.27. The molecule has 0 aromatic heterocycles. The molecule has 0 fully saturated rings. The molecule has 59 heavy (non-hydrogen) atoms. The number of nitrogens with one attached hydrogen (secondary N) is 1. The maximum absolute atomic E-state index is 14.5. The van der Waals surface area contributed by atoms with E-state index in [1.54, 1.807) is 17.0 Å². The van der Waals surface area contributed by atoms with E-state index in [1.807, 2.05) is 91.0 Å². The van der Waals surface area contributed by atoms with Gasteiger partial charge in [-0.3, -0.25) is 4.90 Å². The molecule has 10 heteroatoms. The van der Waals surface area contributed by atoms with Gasteiger partial charge >= 0.3 is 6.09 Å². The van der Waals surface area contributed by atoms with Gasteiger partial charge in [0, 0.05) is 13.1 Å². The number of primary sulfonamides is 1. The summed E-state index contributed by atoms with van der Waals surface area (Å²) in [6, 6.07) is 50.9. The van der Waals surface area contributed by atoms with Gasteiger partial charge < -0.3 is 19.5 Å². The van der Waals surface area contributed by atoms with Crippen LogP contribution in [0, 0.1) is 0 Å². The Morgan fingerprint density at radius 1 is 0.661 bits per heavy atom. The standard InChI is InChI=1S/C49H55N3O6S/c1-2-32-51-34-43(46-24-14-22-42-21-12-13-23-45(42)46)27-30-47(56-35-39-15-6-3-7-16-39)48(57-36-40-17-8-4-9-18-40)52(49(53)58-37-41-19-10-5-11-20-41)33-31-38-25-28-44(29-26-38)59(50,54)55/h3-26,28-29,43,47-48,51H,2,27,30-37H2,1H3,(H2,50,54,55). The van der Waals surface area contributed by atoms with E-state index in [0.717, 1.165) is 48.2 Å². The molecule has 0 saturated carbocycles. The van der Waals surface area contributed by atoms with Crippen LogP contribution in [-0.4, -0.2) is 51.4 Å². The van der Waals surface area contributed by atoms with Crippen molar-refractivity contribution in [2.75, 3.05) is 19.6 Å². The molecule has 0 aliphatic rings. The Labute approximate surface area is 349 Å². The summed E-state index contributed by atoms with van der Waals surface area (Å²) in [5, 5.41) is 11.5. The van der Waals surface area contributed by atoms with Crippen LogP contribution in [0.25, 0.3) is 10.8 Å². The van der Waals surface area contributed by atoms with E-state index in [9.17, 15) is 13.2 Å². The number of sulfonamides is 1. The summed E-state index contributed by atoms with van der Waals surface area (Å²) in [5.41, 5.74) is 4.89. The number of rotatable bonds is 22. The zero-order valence-corrected chi connectivity index (χ0v) is 34.5. The molecule has 9 nitrogen and oxygen atoms in total.